The maximum Gasteiger partial charge on any atom is 0.310 e. The predicted molar refractivity (Wildman–Crippen MR) is 90.6 cm³/mol. The molecule has 0 radical (unpaired) electrons. The molecule has 1 atom stereocenters. The Morgan fingerprint density at radius 3 is 2.09 bits per heavy atom. The Labute approximate surface area is 134 Å². The van der Waals surface area contributed by atoms with Crippen molar-refractivity contribution in [2.45, 2.75) is 78.1 Å². The van der Waals surface area contributed by atoms with Crippen LogP contribution in [-0.2, 0) is 17.6 Å². The fraction of sp³-hybridized carbons (Fsp3) is 0.632. The van der Waals surface area contributed by atoms with Crippen LogP contribution in [0.1, 0.15) is 81.9 Å². The molecule has 0 aliphatic heterocycles. The molecule has 124 valence electrons. The van der Waals surface area contributed by atoms with Crippen LogP contribution in [0.5, 0.6) is 5.75 Å². The van der Waals surface area contributed by atoms with E-state index in [9.17, 15) is 15.0 Å². The van der Waals surface area contributed by atoms with Crippen LogP contribution in [0.15, 0.2) is 12.1 Å². The second-order valence-electron chi connectivity index (χ2n) is 6.07. The SMILES string of the molecule is CCCCc1cc(CCCC)c(C(CCC)C(=O)O)cc1O. The highest BCUT2D eigenvalue weighted by atomic mass is 16.4. The maximum absolute atomic E-state index is 11.6. The third kappa shape index (κ3) is 5.04. The van der Waals surface area contributed by atoms with Gasteiger partial charge in [-0.25, -0.2) is 0 Å². The Morgan fingerprint density at radius 2 is 1.59 bits per heavy atom. The normalized spacial score (nSPS) is 12.3. The first-order chi connectivity index (χ1) is 10.5. The van der Waals surface area contributed by atoms with Crippen molar-refractivity contribution in [2.24, 2.45) is 0 Å². The Bertz CT molecular complexity index is 480. The molecule has 0 amide bonds. The molecule has 1 rings (SSSR count). The molecule has 0 saturated heterocycles. The van der Waals surface area contributed by atoms with Gasteiger partial charge in [0, 0.05) is 0 Å². The molecule has 1 aromatic rings. The number of rotatable bonds is 10. The first kappa shape index (κ1) is 18.5. The molecule has 0 bridgehead atoms. The van der Waals surface area contributed by atoms with Crippen molar-refractivity contribution in [2.75, 3.05) is 0 Å². The summed E-state index contributed by atoms with van der Waals surface area (Å²) in [6, 6.07) is 3.76. The van der Waals surface area contributed by atoms with E-state index in [0.29, 0.717) is 6.42 Å². The highest BCUT2D eigenvalue weighted by Gasteiger charge is 2.23. The molecule has 3 heteroatoms. The number of phenols is 1. The fourth-order valence-electron chi connectivity index (χ4n) is 2.88. The zero-order chi connectivity index (χ0) is 16.5. The number of hydrogen-bond donors (Lipinski definition) is 2. The van der Waals surface area contributed by atoms with Gasteiger partial charge in [0.1, 0.15) is 5.75 Å². The Kier molecular flexibility index (Phi) is 8.00. The predicted octanol–water partition coefficient (Wildman–Crippen LogP) is 5.05. The highest BCUT2D eigenvalue weighted by molar-refractivity contribution is 5.77. The number of aryl methyl sites for hydroxylation is 2. The van der Waals surface area contributed by atoms with E-state index >= 15 is 0 Å². The molecule has 1 aromatic carbocycles. The smallest absolute Gasteiger partial charge is 0.310 e. The fourth-order valence-corrected chi connectivity index (χ4v) is 2.88. The second-order valence-corrected chi connectivity index (χ2v) is 6.07. The van der Waals surface area contributed by atoms with Gasteiger partial charge in [0.25, 0.3) is 0 Å². The number of carboxylic acids is 1. The van der Waals surface area contributed by atoms with Crippen LogP contribution >= 0.6 is 0 Å². The summed E-state index contributed by atoms with van der Waals surface area (Å²) in [6.45, 7) is 6.26. The largest absolute Gasteiger partial charge is 0.508 e. The lowest BCUT2D eigenvalue weighted by molar-refractivity contribution is -0.139. The molecule has 0 saturated carbocycles. The summed E-state index contributed by atoms with van der Waals surface area (Å²) in [5.41, 5.74) is 2.87. The van der Waals surface area contributed by atoms with Crippen molar-refractivity contribution >= 4 is 5.97 Å². The molecular formula is C19H30O3. The van der Waals surface area contributed by atoms with Crippen LogP contribution in [-0.4, -0.2) is 16.2 Å². The molecule has 0 heterocycles. The minimum absolute atomic E-state index is 0.256. The average Bonchev–Trinajstić information content (AvgIpc) is 2.49. The molecule has 0 spiro atoms. The Balaban J connectivity index is 3.21. The number of benzene rings is 1. The Hall–Kier alpha value is -1.51. The quantitative estimate of drug-likeness (QED) is 0.636. The van der Waals surface area contributed by atoms with Gasteiger partial charge in [0.2, 0.25) is 0 Å². The molecule has 22 heavy (non-hydrogen) atoms. The number of aliphatic carboxylic acids is 1. The second kappa shape index (κ2) is 9.50. The lowest BCUT2D eigenvalue weighted by Crippen LogP contribution is -2.14. The van der Waals surface area contributed by atoms with E-state index in [1.165, 1.54) is 0 Å². The van der Waals surface area contributed by atoms with Gasteiger partial charge in [-0.05, 0) is 54.9 Å². The minimum atomic E-state index is -0.791. The summed E-state index contributed by atoms with van der Waals surface area (Å²) in [5, 5.41) is 19.8. The number of carboxylic acid groups (broad SMARTS) is 1. The number of phenolic OH excluding ortho intramolecular Hbond substituents is 1. The van der Waals surface area contributed by atoms with Gasteiger partial charge in [-0.1, -0.05) is 46.1 Å². The molecule has 0 aliphatic rings. The molecular weight excluding hydrogens is 276 g/mol. The van der Waals surface area contributed by atoms with Crippen molar-refractivity contribution < 1.29 is 15.0 Å². The molecule has 2 N–H and O–H groups in total. The van der Waals surface area contributed by atoms with Gasteiger partial charge in [-0.15, -0.1) is 0 Å². The van der Waals surface area contributed by atoms with Gasteiger partial charge < -0.3 is 10.2 Å². The van der Waals surface area contributed by atoms with Crippen LogP contribution in [0.25, 0.3) is 0 Å². The van der Waals surface area contributed by atoms with Gasteiger partial charge in [0.05, 0.1) is 5.92 Å². The number of hydrogen-bond acceptors (Lipinski definition) is 2. The van der Waals surface area contributed by atoms with E-state index in [0.717, 1.165) is 61.6 Å². The van der Waals surface area contributed by atoms with E-state index in [1.807, 2.05) is 13.0 Å². The molecule has 0 fully saturated rings. The standard InChI is InChI=1S/C19H30O3/c1-4-7-10-14-12-15(11-8-5-2)18(20)13-17(14)16(9-6-3)19(21)22/h12-13,16,20H,4-11H2,1-3H3,(H,21,22). The summed E-state index contributed by atoms with van der Waals surface area (Å²) in [6.07, 6.45) is 7.42. The van der Waals surface area contributed by atoms with E-state index < -0.39 is 11.9 Å². The topological polar surface area (TPSA) is 57.5 Å². The summed E-state index contributed by atoms with van der Waals surface area (Å²) in [5.74, 6) is -1.05. The lowest BCUT2D eigenvalue weighted by atomic mass is 9.86. The van der Waals surface area contributed by atoms with Crippen molar-refractivity contribution in [3.8, 4) is 5.75 Å². The summed E-state index contributed by atoms with van der Waals surface area (Å²) in [4.78, 5) is 11.6. The van der Waals surface area contributed by atoms with Crippen LogP contribution < -0.4 is 0 Å². The van der Waals surface area contributed by atoms with E-state index in [-0.39, 0.29) is 5.75 Å². The highest BCUT2D eigenvalue weighted by Crippen LogP contribution is 2.32. The summed E-state index contributed by atoms with van der Waals surface area (Å²) in [7, 11) is 0. The minimum Gasteiger partial charge on any atom is -0.508 e. The van der Waals surface area contributed by atoms with Crippen LogP contribution in [0.4, 0.5) is 0 Å². The molecule has 0 aliphatic carbocycles. The molecule has 0 aromatic heterocycles. The molecule has 1 unspecified atom stereocenters. The van der Waals surface area contributed by atoms with E-state index in [1.54, 1.807) is 6.07 Å². The van der Waals surface area contributed by atoms with Crippen molar-refractivity contribution in [1.82, 2.24) is 0 Å². The average molecular weight is 306 g/mol. The van der Waals surface area contributed by atoms with Crippen molar-refractivity contribution in [3.05, 3.63) is 28.8 Å². The third-order valence-electron chi connectivity index (χ3n) is 4.19. The summed E-state index contributed by atoms with van der Waals surface area (Å²) >= 11 is 0. The van der Waals surface area contributed by atoms with Gasteiger partial charge in [-0.2, -0.15) is 0 Å². The summed E-state index contributed by atoms with van der Waals surface area (Å²) < 4.78 is 0. The first-order valence-electron chi connectivity index (χ1n) is 8.62. The van der Waals surface area contributed by atoms with Crippen molar-refractivity contribution in [1.29, 1.82) is 0 Å². The number of carbonyl (C=O) groups is 1. The maximum atomic E-state index is 11.6. The van der Waals surface area contributed by atoms with E-state index in [2.05, 4.69) is 13.8 Å². The monoisotopic (exact) mass is 306 g/mol. The van der Waals surface area contributed by atoms with Crippen LogP contribution in [0, 0.1) is 0 Å². The van der Waals surface area contributed by atoms with Gasteiger partial charge in [0.15, 0.2) is 0 Å². The lowest BCUT2D eigenvalue weighted by Gasteiger charge is -2.19. The first-order valence-corrected chi connectivity index (χ1v) is 8.62. The van der Waals surface area contributed by atoms with Gasteiger partial charge in [-0.3, -0.25) is 4.79 Å². The third-order valence-corrected chi connectivity index (χ3v) is 4.19. The zero-order valence-corrected chi connectivity index (χ0v) is 14.2. The Morgan fingerprint density at radius 1 is 1.00 bits per heavy atom. The van der Waals surface area contributed by atoms with Crippen LogP contribution in [0.2, 0.25) is 0 Å². The van der Waals surface area contributed by atoms with E-state index in [4.69, 9.17) is 0 Å². The van der Waals surface area contributed by atoms with Crippen molar-refractivity contribution in [3.63, 3.8) is 0 Å². The molecule has 3 nitrogen and oxygen atoms in total. The number of unbranched alkanes of at least 4 members (excludes halogenated alkanes) is 2. The van der Waals surface area contributed by atoms with Crippen LogP contribution in [0.3, 0.4) is 0 Å². The van der Waals surface area contributed by atoms with Gasteiger partial charge >= 0.3 is 5.97 Å². The number of aromatic hydroxyl groups is 1. The zero-order valence-electron chi connectivity index (χ0n) is 14.2.